The van der Waals surface area contributed by atoms with Gasteiger partial charge in [-0.15, -0.1) is 0 Å². The van der Waals surface area contributed by atoms with E-state index in [1.165, 1.54) is 18.4 Å². The quantitative estimate of drug-likeness (QED) is 0.319. The number of halogens is 5. The third-order valence-electron chi connectivity index (χ3n) is 4.74. The minimum Gasteiger partial charge on any atom is -0.446 e. The van der Waals surface area contributed by atoms with Gasteiger partial charge in [-0.05, 0) is 64.5 Å². The van der Waals surface area contributed by atoms with Crippen molar-refractivity contribution in [1.29, 1.82) is 0 Å². The first-order chi connectivity index (χ1) is 15.1. The fraction of sp³-hybridized carbons (Fsp3) is 0.100. The molecule has 0 bridgehead atoms. The zero-order chi connectivity index (χ0) is 23.2. The Bertz CT molecular complexity index is 1310. The number of fused-ring (bicyclic) bond motifs is 1. The highest BCUT2D eigenvalue weighted by Crippen LogP contribution is 2.36. The number of furan rings is 1. The number of alkyl halides is 4. The van der Waals surface area contributed by atoms with Crippen molar-refractivity contribution in [2.24, 2.45) is 16.5 Å². The average Bonchev–Trinajstić information content (AvgIpc) is 3.18. The normalized spacial score (nSPS) is 15.8. The van der Waals surface area contributed by atoms with E-state index < -0.39 is 34.4 Å². The Morgan fingerprint density at radius 3 is 2.47 bits per heavy atom. The van der Waals surface area contributed by atoms with Crippen LogP contribution in [0.4, 0.5) is 39.4 Å². The van der Waals surface area contributed by atoms with Gasteiger partial charge < -0.3 is 15.9 Å². The molecule has 2 heterocycles. The van der Waals surface area contributed by atoms with E-state index in [1.54, 1.807) is 23.1 Å². The Morgan fingerprint density at radius 1 is 1.16 bits per heavy atom. The van der Waals surface area contributed by atoms with E-state index >= 15 is 0 Å². The van der Waals surface area contributed by atoms with Crippen LogP contribution in [0.2, 0.25) is 0 Å². The van der Waals surface area contributed by atoms with E-state index in [1.807, 2.05) is 0 Å². The van der Waals surface area contributed by atoms with Crippen molar-refractivity contribution in [2.75, 3.05) is 9.80 Å². The molecule has 4 N–H and O–H groups in total. The Labute approximate surface area is 186 Å². The molecule has 0 aliphatic carbocycles. The Hall–Kier alpha value is -3.54. The second-order valence-corrected chi connectivity index (χ2v) is 7.51. The molecule has 2 amide bonds. The lowest BCUT2D eigenvalue weighted by atomic mass is 10.1. The van der Waals surface area contributed by atoms with Gasteiger partial charge in [-0.25, -0.2) is 14.2 Å². The first-order valence-corrected chi connectivity index (χ1v) is 9.90. The van der Waals surface area contributed by atoms with E-state index in [9.17, 15) is 22.4 Å². The SMILES string of the molecule is NC(=O)N(c1ccc(N2C(N)=c3ccoc3=NC2Br)cc1)c1cc(C(F)(F)F)ccc1F. The number of urea groups is 1. The lowest BCUT2D eigenvalue weighted by Crippen LogP contribution is -2.45. The number of anilines is 3. The zero-order valence-electron chi connectivity index (χ0n) is 16.0. The second kappa shape index (κ2) is 7.86. The topological polar surface area (TPSA) is 101 Å². The fourth-order valence-electron chi connectivity index (χ4n) is 3.27. The standard InChI is InChI=1S/C20H14BrF4N5O2/c21-18-28-17-13(7-8-32-17)16(26)30(18)12-4-2-11(3-5-12)29(19(27)31)15-9-10(20(23,24)25)1-6-14(15)22/h1-9,18H,26H2,(H2,27,31). The fourth-order valence-corrected chi connectivity index (χ4v) is 3.91. The minimum atomic E-state index is -4.72. The van der Waals surface area contributed by atoms with Crippen LogP contribution >= 0.6 is 15.9 Å². The van der Waals surface area contributed by atoms with E-state index in [4.69, 9.17) is 15.9 Å². The Kier molecular flexibility index (Phi) is 5.33. The molecule has 0 saturated carbocycles. The molecule has 1 aliphatic heterocycles. The van der Waals surface area contributed by atoms with Crippen molar-refractivity contribution in [1.82, 2.24) is 0 Å². The summed E-state index contributed by atoms with van der Waals surface area (Å²) < 4.78 is 58.9. The summed E-state index contributed by atoms with van der Waals surface area (Å²) in [5, 5.41) is -0.0188. The number of carbonyl (C=O) groups excluding carboxylic acids is 1. The van der Waals surface area contributed by atoms with Crippen LogP contribution in [0.3, 0.4) is 0 Å². The van der Waals surface area contributed by atoms with Crippen LogP contribution in [0.5, 0.6) is 0 Å². The van der Waals surface area contributed by atoms with Crippen LogP contribution in [0.15, 0.2) is 64.2 Å². The molecule has 0 saturated heterocycles. The van der Waals surface area contributed by atoms with Gasteiger partial charge in [0.2, 0.25) is 5.55 Å². The predicted molar refractivity (Wildman–Crippen MR) is 112 cm³/mol. The Balaban J connectivity index is 1.74. The third-order valence-corrected chi connectivity index (χ3v) is 5.35. The number of rotatable bonds is 3. The molecule has 32 heavy (non-hydrogen) atoms. The zero-order valence-corrected chi connectivity index (χ0v) is 17.6. The maximum absolute atomic E-state index is 14.4. The summed E-state index contributed by atoms with van der Waals surface area (Å²) >= 11 is 3.39. The predicted octanol–water partition coefficient (Wildman–Crippen LogP) is 3.50. The van der Waals surface area contributed by atoms with E-state index in [-0.39, 0.29) is 5.69 Å². The summed E-state index contributed by atoms with van der Waals surface area (Å²) in [5.41, 5.74) is 10.8. The summed E-state index contributed by atoms with van der Waals surface area (Å²) in [7, 11) is 0. The summed E-state index contributed by atoms with van der Waals surface area (Å²) in [6.45, 7) is 0. The summed E-state index contributed by atoms with van der Waals surface area (Å²) in [6, 6.07) is 8.12. The molecule has 0 spiro atoms. The lowest BCUT2D eigenvalue weighted by molar-refractivity contribution is -0.137. The number of amides is 2. The van der Waals surface area contributed by atoms with Crippen molar-refractivity contribution < 1.29 is 26.8 Å². The summed E-state index contributed by atoms with van der Waals surface area (Å²) in [4.78, 5) is 18.7. The van der Waals surface area contributed by atoms with Gasteiger partial charge in [0.25, 0.3) is 0 Å². The van der Waals surface area contributed by atoms with Gasteiger partial charge in [-0.1, -0.05) is 0 Å². The molecule has 7 nitrogen and oxygen atoms in total. The lowest BCUT2D eigenvalue weighted by Gasteiger charge is -2.29. The van der Waals surface area contributed by atoms with Crippen molar-refractivity contribution in [2.45, 2.75) is 11.3 Å². The van der Waals surface area contributed by atoms with Gasteiger partial charge in [-0.3, -0.25) is 9.80 Å². The maximum Gasteiger partial charge on any atom is 0.416 e. The van der Waals surface area contributed by atoms with Gasteiger partial charge >= 0.3 is 12.2 Å². The summed E-state index contributed by atoms with van der Waals surface area (Å²) in [5.74, 6) is -0.699. The molecule has 1 unspecified atom stereocenters. The van der Waals surface area contributed by atoms with Crippen molar-refractivity contribution in [3.63, 3.8) is 0 Å². The molecular weight excluding hydrogens is 498 g/mol. The number of nitrogens with two attached hydrogens (primary N) is 2. The Morgan fingerprint density at radius 2 is 1.84 bits per heavy atom. The average molecular weight is 512 g/mol. The van der Waals surface area contributed by atoms with Crippen LogP contribution in [0, 0.1) is 5.82 Å². The first-order valence-electron chi connectivity index (χ1n) is 8.98. The molecule has 1 aliphatic rings. The molecule has 0 radical (unpaired) electrons. The highest BCUT2D eigenvalue weighted by molar-refractivity contribution is 9.09. The molecule has 4 rings (SSSR count). The summed E-state index contributed by atoms with van der Waals surface area (Å²) in [6.07, 6.45) is -3.28. The van der Waals surface area contributed by atoms with E-state index in [0.29, 0.717) is 45.4 Å². The van der Waals surface area contributed by atoms with Crippen molar-refractivity contribution in [3.8, 4) is 0 Å². The molecule has 3 aromatic rings. The number of benzene rings is 2. The highest BCUT2D eigenvalue weighted by Gasteiger charge is 2.33. The molecule has 12 heteroatoms. The molecule has 166 valence electrons. The smallest absolute Gasteiger partial charge is 0.416 e. The molecule has 0 fully saturated rings. The van der Waals surface area contributed by atoms with Crippen LogP contribution in [-0.2, 0) is 6.18 Å². The van der Waals surface area contributed by atoms with Gasteiger partial charge in [-0.2, -0.15) is 13.2 Å². The molecule has 2 aromatic carbocycles. The number of nitrogens with zero attached hydrogens (tertiary/aromatic N) is 3. The molecule has 1 aromatic heterocycles. The van der Waals surface area contributed by atoms with Crippen molar-refractivity contribution in [3.05, 3.63) is 76.9 Å². The highest BCUT2D eigenvalue weighted by atomic mass is 79.9. The monoisotopic (exact) mass is 511 g/mol. The third kappa shape index (κ3) is 3.77. The van der Waals surface area contributed by atoms with Crippen LogP contribution in [-0.4, -0.2) is 11.1 Å². The van der Waals surface area contributed by atoms with Crippen LogP contribution < -0.4 is 32.0 Å². The van der Waals surface area contributed by atoms with Crippen LogP contribution in [0.25, 0.3) is 5.82 Å². The number of carbonyl (C=O) groups is 1. The van der Waals surface area contributed by atoms with E-state index in [2.05, 4.69) is 20.9 Å². The second-order valence-electron chi connectivity index (χ2n) is 6.69. The number of hydrogen-bond acceptors (Lipinski definition) is 5. The van der Waals surface area contributed by atoms with Crippen LogP contribution in [0.1, 0.15) is 5.56 Å². The maximum atomic E-state index is 14.4. The molecular formula is C20H14BrF4N5O2. The number of primary amides is 1. The van der Waals surface area contributed by atoms with Gasteiger partial charge in [0.1, 0.15) is 11.6 Å². The van der Waals surface area contributed by atoms with E-state index in [0.717, 1.165) is 0 Å². The first kappa shape index (κ1) is 21.7. The largest absolute Gasteiger partial charge is 0.446 e. The van der Waals surface area contributed by atoms with Crippen molar-refractivity contribution >= 4 is 44.8 Å². The number of hydrogen-bond donors (Lipinski definition) is 2. The minimum absolute atomic E-state index is 0.0575. The van der Waals surface area contributed by atoms with Gasteiger partial charge in [0.15, 0.2) is 5.08 Å². The van der Waals surface area contributed by atoms with Gasteiger partial charge in [0, 0.05) is 5.69 Å². The van der Waals surface area contributed by atoms with Gasteiger partial charge in [0.05, 0.1) is 28.4 Å². The molecule has 1 atom stereocenters.